The molecule has 1 saturated heterocycles. The summed E-state index contributed by atoms with van der Waals surface area (Å²) in [5.74, 6) is -0.872. The first-order chi connectivity index (χ1) is 6.01. The number of terminal acetylenes is 1. The van der Waals surface area contributed by atoms with Crippen LogP contribution in [-0.2, 0) is 4.74 Å². The molecule has 0 aromatic heterocycles. The van der Waals surface area contributed by atoms with Crippen molar-refractivity contribution in [1.82, 2.24) is 0 Å². The normalized spacial score (nSPS) is 29.5. The summed E-state index contributed by atoms with van der Waals surface area (Å²) < 4.78 is 4.88. The predicted molar refractivity (Wildman–Crippen MR) is 42.4 cm³/mol. The number of hydrogen-bond acceptors (Lipinski definition) is 5. The molecule has 0 aliphatic carbocycles. The van der Waals surface area contributed by atoms with E-state index in [1.165, 1.54) is 0 Å². The fourth-order valence-electron chi connectivity index (χ4n) is 1.03. The molecule has 13 heavy (non-hydrogen) atoms. The molecule has 1 rings (SSSR count). The van der Waals surface area contributed by atoms with Crippen molar-refractivity contribution in [2.45, 2.75) is 30.5 Å². The maximum atomic E-state index is 9.20. The second kappa shape index (κ2) is 3.62. The Kier molecular flexibility index (Phi) is 2.91. The molecule has 0 spiro atoms. The average molecular weight is 188 g/mol. The van der Waals surface area contributed by atoms with Crippen molar-refractivity contribution >= 4 is 0 Å². The Bertz CT molecular complexity index is 219. The van der Waals surface area contributed by atoms with E-state index in [1.54, 1.807) is 5.92 Å². The van der Waals surface area contributed by atoms with Crippen LogP contribution in [0.25, 0.3) is 0 Å². The number of rotatable bonds is 4. The van der Waals surface area contributed by atoms with Crippen LogP contribution in [0.4, 0.5) is 0 Å². The van der Waals surface area contributed by atoms with Gasteiger partial charge in [0.2, 0.25) is 0 Å². The lowest BCUT2D eigenvalue weighted by Gasteiger charge is -2.20. The lowest BCUT2D eigenvalue weighted by atomic mass is 10.0. The fourth-order valence-corrected chi connectivity index (χ4v) is 1.03. The van der Waals surface area contributed by atoms with Crippen molar-refractivity contribution in [2.24, 2.45) is 0 Å². The molecule has 0 saturated carbocycles. The van der Waals surface area contributed by atoms with E-state index >= 15 is 0 Å². The van der Waals surface area contributed by atoms with Crippen LogP contribution in [0.5, 0.6) is 0 Å². The molecular formula is C8H12O5. The number of aliphatic hydroxyl groups excluding tert-OH is 2. The third-order valence-electron chi connectivity index (χ3n) is 2.00. The third kappa shape index (κ3) is 2.40. The Balaban J connectivity index is 2.35. The zero-order valence-corrected chi connectivity index (χ0v) is 6.92. The number of ether oxygens (including phenoxy) is 1. The van der Waals surface area contributed by atoms with Crippen LogP contribution in [0.1, 0.15) is 6.42 Å². The van der Waals surface area contributed by atoms with Crippen molar-refractivity contribution in [2.75, 3.05) is 6.61 Å². The van der Waals surface area contributed by atoms with E-state index in [0.29, 0.717) is 0 Å². The summed E-state index contributed by atoms with van der Waals surface area (Å²) in [6, 6.07) is 0. The third-order valence-corrected chi connectivity index (χ3v) is 2.00. The Labute approximate surface area is 75.6 Å². The number of epoxide rings is 1. The van der Waals surface area contributed by atoms with Gasteiger partial charge in [-0.2, -0.15) is 0 Å². The molecule has 0 aromatic rings. The van der Waals surface area contributed by atoms with Crippen molar-refractivity contribution in [1.29, 1.82) is 0 Å². The van der Waals surface area contributed by atoms with Gasteiger partial charge in [-0.25, -0.2) is 0 Å². The summed E-state index contributed by atoms with van der Waals surface area (Å²) in [6.45, 7) is -0.142. The maximum Gasteiger partial charge on any atom is 0.255 e. The molecule has 3 unspecified atom stereocenters. The van der Waals surface area contributed by atoms with Gasteiger partial charge in [0.25, 0.3) is 5.79 Å². The zero-order chi connectivity index (χ0) is 10.1. The summed E-state index contributed by atoms with van der Waals surface area (Å²) in [4.78, 5) is 0. The van der Waals surface area contributed by atoms with Crippen molar-refractivity contribution in [3.8, 4) is 12.3 Å². The maximum absolute atomic E-state index is 9.20. The van der Waals surface area contributed by atoms with E-state index in [-0.39, 0.29) is 25.2 Å². The molecule has 0 radical (unpaired) electrons. The van der Waals surface area contributed by atoms with E-state index in [1.807, 2.05) is 0 Å². The van der Waals surface area contributed by atoms with Gasteiger partial charge < -0.3 is 25.2 Å². The molecule has 1 fully saturated rings. The highest BCUT2D eigenvalue weighted by Gasteiger charge is 2.43. The minimum absolute atomic E-state index is 0.00241. The Hall–Kier alpha value is -0.640. The Morgan fingerprint density at radius 3 is 2.46 bits per heavy atom. The minimum Gasteiger partial charge on any atom is -0.394 e. The topological polar surface area (TPSA) is 93.5 Å². The molecule has 74 valence electrons. The lowest BCUT2D eigenvalue weighted by Crippen LogP contribution is -2.41. The summed E-state index contributed by atoms with van der Waals surface area (Å²) in [5.41, 5.74) is 0. The lowest BCUT2D eigenvalue weighted by molar-refractivity contribution is -0.183. The van der Waals surface area contributed by atoms with Crippen LogP contribution < -0.4 is 0 Å². The van der Waals surface area contributed by atoms with Crippen molar-refractivity contribution in [3.05, 3.63) is 0 Å². The number of hydrogen-bond donors (Lipinski definition) is 4. The molecule has 1 heterocycles. The molecule has 0 amide bonds. The second-order valence-corrected chi connectivity index (χ2v) is 3.02. The van der Waals surface area contributed by atoms with E-state index in [0.717, 1.165) is 0 Å². The van der Waals surface area contributed by atoms with Gasteiger partial charge in [-0.15, -0.1) is 6.42 Å². The first-order valence-electron chi connectivity index (χ1n) is 3.88. The Morgan fingerprint density at radius 2 is 2.08 bits per heavy atom. The highest BCUT2D eigenvalue weighted by atomic mass is 16.6. The smallest absolute Gasteiger partial charge is 0.255 e. The highest BCUT2D eigenvalue weighted by Crippen LogP contribution is 2.28. The summed E-state index contributed by atoms with van der Waals surface area (Å²) in [7, 11) is 0. The SMILES string of the molecule is C#CC(O)(O)C(O)CC1OC1CO. The fraction of sp³-hybridized carbons (Fsp3) is 0.750. The van der Waals surface area contributed by atoms with Gasteiger partial charge in [-0.1, -0.05) is 0 Å². The zero-order valence-electron chi connectivity index (χ0n) is 6.92. The number of aliphatic hydroxyl groups is 4. The predicted octanol–water partition coefficient (Wildman–Crippen LogP) is -2.19. The molecule has 3 atom stereocenters. The van der Waals surface area contributed by atoms with Gasteiger partial charge in [0.15, 0.2) is 0 Å². The van der Waals surface area contributed by atoms with Crippen molar-refractivity contribution < 1.29 is 25.2 Å². The van der Waals surface area contributed by atoms with Gasteiger partial charge in [0, 0.05) is 6.42 Å². The van der Waals surface area contributed by atoms with Gasteiger partial charge in [-0.3, -0.25) is 0 Å². The minimum atomic E-state index is -2.52. The van der Waals surface area contributed by atoms with Crippen LogP contribution >= 0.6 is 0 Å². The molecule has 0 bridgehead atoms. The van der Waals surface area contributed by atoms with Gasteiger partial charge in [-0.05, 0) is 5.92 Å². The first-order valence-corrected chi connectivity index (χ1v) is 3.88. The van der Waals surface area contributed by atoms with E-state index < -0.39 is 11.9 Å². The standard InChI is InChI=1S/C8H12O5/c1-2-8(11,12)7(10)3-5-6(4-9)13-5/h1,5-7,9-12H,3-4H2. The van der Waals surface area contributed by atoms with E-state index in [9.17, 15) is 5.11 Å². The highest BCUT2D eigenvalue weighted by molar-refractivity contribution is 5.05. The van der Waals surface area contributed by atoms with E-state index in [4.69, 9.17) is 26.5 Å². The van der Waals surface area contributed by atoms with E-state index in [2.05, 4.69) is 0 Å². The van der Waals surface area contributed by atoms with Crippen LogP contribution in [0.15, 0.2) is 0 Å². The molecule has 5 nitrogen and oxygen atoms in total. The quantitative estimate of drug-likeness (QED) is 0.228. The largest absolute Gasteiger partial charge is 0.394 e. The molecule has 4 N–H and O–H groups in total. The van der Waals surface area contributed by atoms with Crippen LogP contribution in [0.2, 0.25) is 0 Å². The average Bonchev–Trinajstić information content (AvgIpc) is 2.83. The molecule has 5 heteroatoms. The van der Waals surface area contributed by atoms with Crippen LogP contribution in [0.3, 0.4) is 0 Å². The molecular weight excluding hydrogens is 176 g/mol. The van der Waals surface area contributed by atoms with Crippen molar-refractivity contribution in [3.63, 3.8) is 0 Å². The summed E-state index contributed by atoms with van der Waals surface area (Å²) in [5, 5.41) is 35.7. The monoisotopic (exact) mass is 188 g/mol. The summed E-state index contributed by atoms with van der Waals surface area (Å²) >= 11 is 0. The second-order valence-electron chi connectivity index (χ2n) is 3.02. The van der Waals surface area contributed by atoms with Gasteiger partial charge in [0.1, 0.15) is 12.2 Å². The van der Waals surface area contributed by atoms with Crippen LogP contribution in [0, 0.1) is 12.3 Å². The van der Waals surface area contributed by atoms with Gasteiger partial charge >= 0.3 is 0 Å². The first kappa shape index (κ1) is 10.4. The molecule has 1 aliphatic rings. The van der Waals surface area contributed by atoms with Gasteiger partial charge in [0.05, 0.1) is 12.7 Å². The van der Waals surface area contributed by atoms with Crippen LogP contribution in [-0.4, -0.2) is 51.1 Å². The molecule has 1 aliphatic heterocycles. The Morgan fingerprint density at radius 1 is 1.46 bits per heavy atom. The molecule has 0 aromatic carbocycles. The summed E-state index contributed by atoms with van der Waals surface area (Å²) in [6.07, 6.45) is 2.66.